The fourth-order valence-electron chi connectivity index (χ4n) is 2.30. The Morgan fingerprint density at radius 3 is 2.56 bits per heavy atom. The normalized spacial score (nSPS) is 18.8. The second kappa shape index (κ2) is 4.85. The minimum Gasteiger partial charge on any atom is -0.508 e. The molecular weight excluding hydrogens is 202 g/mol. The molecule has 1 aliphatic carbocycles. The van der Waals surface area contributed by atoms with Crippen LogP contribution in [0.15, 0.2) is 24.3 Å². The van der Waals surface area contributed by atoms with Crippen molar-refractivity contribution in [3.8, 4) is 5.75 Å². The molecule has 0 unspecified atom stereocenters. The molecule has 88 valence electrons. The molecule has 1 aromatic rings. The maximum atomic E-state index is 10.1. The predicted octanol–water partition coefficient (Wildman–Crippen LogP) is 1.79. The molecule has 0 saturated heterocycles. The fourth-order valence-corrected chi connectivity index (χ4v) is 2.30. The molecule has 0 amide bonds. The molecule has 0 aromatic heterocycles. The first kappa shape index (κ1) is 11.4. The van der Waals surface area contributed by atoms with Gasteiger partial charge in [-0.05, 0) is 18.9 Å². The lowest BCUT2D eigenvalue weighted by atomic mass is 10.0. The number of para-hydroxylation sites is 1. The zero-order valence-electron chi connectivity index (χ0n) is 9.45. The number of hydrogen-bond donors (Lipinski definition) is 3. The highest BCUT2D eigenvalue weighted by molar-refractivity contribution is 5.31. The van der Waals surface area contributed by atoms with Crippen molar-refractivity contribution in [2.75, 3.05) is 6.54 Å². The zero-order chi connectivity index (χ0) is 11.4. The van der Waals surface area contributed by atoms with Crippen molar-refractivity contribution >= 4 is 0 Å². The molecule has 3 N–H and O–H groups in total. The van der Waals surface area contributed by atoms with Crippen LogP contribution in [-0.2, 0) is 6.54 Å². The van der Waals surface area contributed by atoms with Crippen LogP contribution in [0.2, 0.25) is 0 Å². The van der Waals surface area contributed by atoms with Crippen LogP contribution in [0, 0.1) is 0 Å². The first-order valence-corrected chi connectivity index (χ1v) is 5.90. The minimum atomic E-state index is -0.523. The molecule has 2 rings (SSSR count). The van der Waals surface area contributed by atoms with Crippen molar-refractivity contribution < 1.29 is 10.2 Å². The lowest BCUT2D eigenvalue weighted by Crippen LogP contribution is -2.37. The van der Waals surface area contributed by atoms with Gasteiger partial charge in [0, 0.05) is 18.7 Å². The highest BCUT2D eigenvalue weighted by Crippen LogP contribution is 2.28. The van der Waals surface area contributed by atoms with E-state index >= 15 is 0 Å². The SMILES string of the molecule is Oc1ccccc1CNCC1(O)CCCC1. The number of benzene rings is 1. The molecule has 1 fully saturated rings. The molecule has 1 aliphatic rings. The van der Waals surface area contributed by atoms with E-state index in [0.717, 1.165) is 31.2 Å². The standard InChI is InChI=1S/C13H19NO2/c15-12-6-2-1-5-11(12)9-14-10-13(16)7-3-4-8-13/h1-2,5-6,14-16H,3-4,7-10H2. The maximum Gasteiger partial charge on any atom is 0.120 e. The van der Waals surface area contributed by atoms with Crippen LogP contribution in [-0.4, -0.2) is 22.4 Å². The quantitative estimate of drug-likeness (QED) is 0.726. The average molecular weight is 221 g/mol. The molecule has 0 aliphatic heterocycles. The Morgan fingerprint density at radius 1 is 1.19 bits per heavy atom. The van der Waals surface area contributed by atoms with E-state index in [1.54, 1.807) is 6.07 Å². The van der Waals surface area contributed by atoms with Crippen LogP contribution < -0.4 is 5.32 Å². The number of aromatic hydroxyl groups is 1. The molecular formula is C13H19NO2. The Bertz CT molecular complexity index is 346. The second-order valence-corrected chi connectivity index (χ2v) is 4.66. The number of aliphatic hydroxyl groups is 1. The Hall–Kier alpha value is -1.06. The topological polar surface area (TPSA) is 52.5 Å². The number of nitrogens with one attached hydrogen (secondary N) is 1. The van der Waals surface area contributed by atoms with E-state index in [2.05, 4.69) is 5.32 Å². The Kier molecular flexibility index (Phi) is 3.46. The summed E-state index contributed by atoms with van der Waals surface area (Å²) in [6.07, 6.45) is 4.02. The van der Waals surface area contributed by atoms with Crippen molar-refractivity contribution in [1.29, 1.82) is 0 Å². The summed E-state index contributed by atoms with van der Waals surface area (Å²) in [6.45, 7) is 1.22. The summed E-state index contributed by atoms with van der Waals surface area (Å²) in [4.78, 5) is 0. The highest BCUT2D eigenvalue weighted by atomic mass is 16.3. The minimum absolute atomic E-state index is 0.313. The number of rotatable bonds is 4. The average Bonchev–Trinajstić information content (AvgIpc) is 2.68. The summed E-state index contributed by atoms with van der Waals surface area (Å²) in [6, 6.07) is 7.28. The van der Waals surface area contributed by atoms with E-state index in [9.17, 15) is 10.2 Å². The van der Waals surface area contributed by atoms with Crippen molar-refractivity contribution in [1.82, 2.24) is 5.32 Å². The Labute approximate surface area is 96.1 Å². The first-order valence-electron chi connectivity index (χ1n) is 5.90. The van der Waals surface area contributed by atoms with Gasteiger partial charge >= 0.3 is 0 Å². The summed E-state index contributed by atoms with van der Waals surface area (Å²) >= 11 is 0. The van der Waals surface area contributed by atoms with Crippen molar-refractivity contribution in [2.45, 2.75) is 37.8 Å². The van der Waals surface area contributed by atoms with E-state index in [4.69, 9.17) is 0 Å². The van der Waals surface area contributed by atoms with E-state index in [-0.39, 0.29) is 0 Å². The lowest BCUT2D eigenvalue weighted by Gasteiger charge is -2.22. The molecule has 3 nitrogen and oxygen atoms in total. The van der Waals surface area contributed by atoms with E-state index in [0.29, 0.717) is 18.8 Å². The molecule has 3 heteroatoms. The van der Waals surface area contributed by atoms with Gasteiger partial charge in [-0.1, -0.05) is 31.0 Å². The lowest BCUT2D eigenvalue weighted by molar-refractivity contribution is 0.0474. The van der Waals surface area contributed by atoms with Crippen LogP contribution in [0.25, 0.3) is 0 Å². The van der Waals surface area contributed by atoms with Gasteiger partial charge in [0.1, 0.15) is 5.75 Å². The smallest absolute Gasteiger partial charge is 0.120 e. The molecule has 1 saturated carbocycles. The van der Waals surface area contributed by atoms with Gasteiger partial charge in [-0.3, -0.25) is 0 Å². The summed E-state index contributed by atoms with van der Waals surface area (Å²) in [5, 5.41) is 22.9. The van der Waals surface area contributed by atoms with Crippen LogP contribution in [0.3, 0.4) is 0 Å². The van der Waals surface area contributed by atoms with Gasteiger partial charge in [-0.15, -0.1) is 0 Å². The molecule has 1 aromatic carbocycles. The third-order valence-electron chi connectivity index (χ3n) is 3.30. The van der Waals surface area contributed by atoms with Gasteiger partial charge in [0.2, 0.25) is 0 Å². The van der Waals surface area contributed by atoms with Crippen LogP contribution >= 0.6 is 0 Å². The number of phenolic OH excluding ortho intramolecular Hbond substituents is 1. The monoisotopic (exact) mass is 221 g/mol. The largest absolute Gasteiger partial charge is 0.508 e. The van der Waals surface area contributed by atoms with Gasteiger partial charge in [0.05, 0.1) is 5.60 Å². The summed E-state index contributed by atoms with van der Waals surface area (Å²) in [5.41, 5.74) is 0.355. The second-order valence-electron chi connectivity index (χ2n) is 4.66. The third kappa shape index (κ3) is 2.74. The van der Waals surface area contributed by atoms with E-state index in [1.165, 1.54) is 0 Å². The molecule has 0 spiro atoms. The highest BCUT2D eigenvalue weighted by Gasteiger charge is 2.30. The summed E-state index contributed by atoms with van der Waals surface area (Å²) < 4.78 is 0. The molecule has 0 heterocycles. The molecule has 0 atom stereocenters. The molecule has 0 radical (unpaired) electrons. The molecule has 0 bridgehead atoms. The summed E-state index contributed by atoms with van der Waals surface area (Å²) in [7, 11) is 0. The molecule has 16 heavy (non-hydrogen) atoms. The van der Waals surface area contributed by atoms with Crippen LogP contribution in [0.4, 0.5) is 0 Å². The van der Waals surface area contributed by atoms with Gasteiger partial charge in [0.15, 0.2) is 0 Å². The van der Waals surface area contributed by atoms with Gasteiger partial charge in [-0.25, -0.2) is 0 Å². The number of phenols is 1. The van der Waals surface area contributed by atoms with Crippen molar-refractivity contribution in [2.24, 2.45) is 0 Å². The third-order valence-corrected chi connectivity index (χ3v) is 3.30. The number of hydrogen-bond acceptors (Lipinski definition) is 3. The Balaban J connectivity index is 1.82. The van der Waals surface area contributed by atoms with Crippen molar-refractivity contribution in [3.05, 3.63) is 29.8 Å². The van der Waals surface area contributed by atoms with Crippen LogP contribution in [0.5, 0.6) is 5.75 Å². The zero-order valence-corrected chi connectivity index (χ0v) is 9.45. The van der Waals surface area contributed by atoms with Gasteiger partial charge in [0.25, 0.3) is 0 Å². The fraction of sp³-hybridized carbons (Fsp3) is 0.538. The van der Waals surface area contributed by atoms with Gasteiger partial charge in [-0.2, -0.15) is 0 Å². The van der Waals surface area contributed by atoms with Crippen molar-refractivity contribution in [3.63, 3.8) is 0 Å². The van der Waals surface area contributed by atoms with Crippen LogP contribution in [0.1, 0.15) is 31.2 Å². The van der Waals surface area contributed by atoms with E-state index in [1.807, 2.05) is 18.2 Å². The Morgan fingerprint density at radius 2 is 1.88 bits per heavy atom. The predicted molar refractivity (Wildman–Crippen MR) is 63.2 cm³/mol. The first-order chi connectivity index (χ1) is 7.70. The maximum absolute atomic E-state index is 10.1. The summed E-state index contributed by atoms with van der Waals surface area (Å²) in [5.74, 6) is 0.313. The van der Waals surface area contributed by atoms with E-state index < -0.39 is 5.60 Å². The van der Waals surface area contributed by atoms with Gasteiger partial charge < -0.3 is 15.5 Å².